The van der Waals surface area contributed by atoms with Gasteiger partial charge in [0.25, 0.3) is 0 Å². The largest absolute Gasteiger partial charge is 0.358 e. The van der Waals surface area contributed by atoms with Crippen molar-refractivity contribution < 1.29 is 0 Å². The lowest BCUT2D eigenvalue weighted by Gasteiger charge is -2.31. The molecule has 9 heteroatoms. The minimum absolute atomic E-state index is 0.296. The Bertz CT molecular complexity index is 2700. The summed E-state index contributed by atoms with van der Waals surface area (Å²) in [7, 11) is 0. The van der Waals surface area contributed by atoms with Crippen LogP contribution < -0.4 is 10.2 Å². The van der Waals surface area contributed by atoms with E-state index in [1.165, 1.54) is 0 Å². The van der Waals surface area contributed by atoms with E-state index in [0.29, 0.717) is 0 Å². The minimum Gasteiger partial charge on any atom is -0.358 e. The second-order valence-electron chi connectivity index (χ2n) is 13.6. The fourth-order valence-electron chi connectivity index (χ4n) is 8.22. The van der Waals surface area contributed by atoms with Gasteiger partial charge in [0.05, 0.1) is 5.69 Å². The van der Waals surface area contributed by atoms with Crippen molar-refractivity contribution in [2.75, 3.05) is 10.2 Å². The number of fused-ring (bicyclic) bond motifs is 3. The third-order valence-electron chi connectivity index (χ3n) is 10.5. The number of hydrogen-bond donors (Lipinski definition) is 1. The number of nitrogens with zero attached hydrogens (tertiary/aromatic N) is 8. The molecule has 10 rings (SSSR count). The number of hydrogen-bond acceptors (Lipinski definition) is 7. The molecule has 1 unspecified atom stereocenters. The second kappa shape index (κ2) is 12.5. The van der Waals surface area contributed by atoms with E-state index in [4.69, 9.17) is 24.9 Å². The molecule has 0 amide bonds. The number of imidazole rings is 2. The first-order valence-electron chi connectivity index (χ1n) is 18.1. The molecule has 0 aliphatic carbocycles. The minimum atomic E-state index is -0.296. The maximum Gasteiger partial charge on any atom is 0.164 e. The normalized spacial score (nSPS) is 13.8. The van der Waals surface area contributed by atoms with Crippen LogP contribution in [0.4, 0.5) is 17.2 Å². The quantitative estimate of drug-likeness (QED) is 0.185. The molecule has 0 saturated heterocycles. The Labute approximate surface area is 312 Å². The van der Waals surface area contributed by atoms with Crippen LogP contribution in [0.25, 0.3) is 56.5 Å². The van der Waals surface area contributed by atoms with Crippen LogP contribution in [-0.4, -0.2) is 34.1 Å². The first-order chi connectivity index (χ1) is 26.6. The van der Waals surface area contributed by atoms with Crippen molar-refractivity contribution in [3.05, 3.63) is 168 Å². The summed E-state index contributed by atoms with van der Waals surface area (Å²) in [6.07, 6.45) is 5.22. The zero-order chi connectivity index (χ0) is 36.3. The van der Waals surface area contributed by atoms with E-state index < -0.39 is 0 Å². The van der Waals surface area contributed by atoms with E-state index in [1.54, 1.807) is 0 Å². The van der Waals surface area contributed by atoms with Crippen LogP contribution in [0.1, 0.15) is 28.4 Å². The fourth-order valence-corrected chi connectivity index (χ4v) is 8.22. The molecule has 1 aliphatic heterocycles. The van der Waals surface area contributed by atoms with Crippen LogP contribution in [0.15, 0.2) is 146 Å². The zero-order valence-electron chi connectivity index (χ0n) is 30.0. The molecule has 0 spiro atoms. The summed E-state index contributed by atoms with van der Waals surface area (Å²) >= 11 is 0. The molecule has 1 aliphatic rings. The molecule has 0 saturated carbocycles. The average Bonchev–Trinajstić information content (AvgIpc) is 3.90. The highest BCUT2D eigenvalue weighted by Gasteiger charge is 2.37. The van der Waals surface area contributed by atoms with Gasteiger partial charge >= 0.3 is 0 Å². The van der Waals surface area contributed by atoms with Crippen molar-refractivity contribution >= 4 is 39.5 Å². The van der Waals surface area contributed by atoms with Crippen molar-refractivity contribution in [3.63, 3.8) is 0 Å². The Kier molecular flexibility index (Phi) is 7.33. The molecule has 0 radical (unpaired) electrons. The molecule has 5 aromatic heterocycles. The number of benzene rings is 4. The summed E-state index contributed by atoms with van der Waals surface area (Å²) in [4.78, 5) is 27.7. The molecule has 1 atom stereocenters. The van der Waals surface area contributed by atoms with Crippen molar-refractivity contribution in [3.8, 4) is 34.2 Å². The monoisotopic (exact) mass is 701 g/mol. The topological polar surface area (TPSA) is 89.6 Å². The van der Waals surface area contributed by atoms with Gasteiger partial charge in [-0.2, -0.15) is 0 Å². The molecule has 4 aromatic carbocycles. The Morgan fingerprint density at radius 2 is 0.944 bits per heavy atom. The Morgan fingerprint density at radius 1 is 0.481 bits per heavy atom. The molecular weight excluding hydrogens is 667 g/mol. The smallest absolute Gasteiger partial charge is 0.164 e. The Balaban J connectivity index is 1.34. The first-order valence-corrected chi connectivity index (χ1v) is 18.1. The molecule has 6 heterocycles. The molecule has 9 nitrogen and oxygen atoms in total. The highest BCUT2D eigenvalue weighted by atomic mass is 15.4. The van der Waals surface area contributed by atoms with Crippen LogP contribution in [0.3, 0.4) is 0 Å². The summed E-state index contributed by atoms with van der Waals surface area (Å²) < 4.78 is 4.37. The van der Waals surface area contributed by atoms with E-state index in [9.17, 15) is 0 Å². The second-order valence-corrected chi connectivity index (χ2v) is 13.6. The van der Waals surface area contributed by atoms with Gasteiger partial charge in [-0.15, -0.1) is 0 Å². The summed E-state index contributed by atoms with van der Waals surface area (Å²) in [6.45, 7) is 6.64. The first kappa shape index (κ1) is 31.6. The van der Waals surface area contributed by atoms with E-state index >= 15 is 0 Å². The highest BCUT2D eigenvalue weighted by molar-refractivity contribution is 5.90. The summed E-state index contributed by atoms with van der Waals surface area (Å²) in [6, 6.07) is 43.2. The van der Waals surface area contributed by atoms with Gasteiger partial charge in [-0.3, -0.25) is 14.0 Å². The SMILES string of the molecule is Cc1c(-c2nc3cccnc3n2-c2ccccc2)c(C)c(C2Nc3cccnc3N2c2ccccc2)c(C)c1-c1nc2cccnc2n1-c1ccccc1. The van der Waals surface area contributed by atoms with Gasteiger partial charge in [-0.1, -0.05) is 54.6 Å². The number of nitrogens with one attached hydrogen (secondary N) is 1. The maximum atomic E-state index is 5.37. The van der Waals surface area contributed by atoms with Gasteiger partial charge in [-0.05, 0) is 110 Å². The van der Waals surface area contributed by atoms with Gasteiger partial charge in [0.1, 0.15) is 28.8 Å². The van der Waals surface area contributed by atoms with Gasteiger partial charge < -0.3 is 5.32 Å². The molecule has 1 N–H and O–H groups in total. The van der Waals surface area contributed by atoms with Crippen LogP contribution in [0.5, 0.6) is 0 Å². The van der Waals surface area contributed by atoms with Crippen LogP contribution in [-0.2, 0) is 0 Å². The third-order valence-corrected chi connectivity index (χ3v) is 10.5. The Hall–Kier alpha value is -7.13. The predicted octanol–water partition coefficient (Wildman–Crippen LogP) is 10.1. The lowest BCUT2D eigenvalue weighted by Crippen LogP contribution is -2.26. The fraction of sp³-hybridized carbons (Fsp3) is 0.0889. The van der Waals surface area contributed by atoms with E-state index in [2.05, 4.69) is 119 Å². The number of pyridine rings is 3. The van der Waals surface area contributed by atoms with Gasteiger partial charge in [0.2, 0.25) is 0 Å². The molecule has 0 fully saturated rings. The van der Waals surface area contributed by atoms with E-state index in [-0.39, 0.29) is 6.17 Å². The number of para-hydroxylation sites is 3. The lowest BCUT2D eigenvalue weighted by molar-refractivity contribution is 0.804. The molecule has 0 bridgehead atoms. The number of rotatable bonds is 6. The van der Waals surface area contributed by atoms with Crippen LogP contribution in [0.2, 0.25) is 0 Å². The Morgan fingerprint density at radius 3 is 1.46 bits per heavy atom. The summed E-state index contributed by atoms with van der Waals surface area (Å²) in [5.74, 6) is 2.50. The zero-order valence-corrected chi connectivity index (χ0v) is 30.0. The number of aromatic nitrogens is 7. The molecular formula is C45H35N9. The average molecular weight is 702 g/mol. The summed E-state index contributed by atoms with van der Waals surface area (Å²) in [5.41, 5.74) is 13.6. The van der Waals surface area contributed by atoms with Gasteiger partial charge in [0, 0.05) is 52.3 Å². The van der Waals surface area contributed by atoms with Crippen molar-refractivity contribution in [2.24, 2.45) is 0 Å². The van der Waals surface area contributed by atoms with Crippen molar-refractivity contribution in [1.82, 2.24) is 34.1 Å². The molecule has 260 valence electrons. The van der Waals surface area contributed by atoms with Gasteiger partial charge in [0.15, 0.2) is 17.1 Å². The predicted molar refractivity (Wildman–Crippen MR) is 216 cm³/mol. The van der Waals surface area contributed by atoms with Crippen LogP contribution >= 0.6 is 0 Å². The van der Waals surface area contributed by atoms with Crippen LogP contribution in [0, 0.1) is 20.8 Å². The standard InChI is InChI=1S/C45H35N9/c1-28-37(43-49-34-22-13-25-46-40(34)52(43)31-16-7-4-8-17-31)29(2)39(45-51-36-24-15-27-48-42(36)54(45)33-20-11-6-12-21-33)30(3)38(28)44-50-35-23-14-26-47-41(35)53(44)32-18-9-5-10-19-32/h4-27,43,49H,1-3H3. The highest BCUT2D eigenvalue weighted by Crippen LogP contribution is 2.50. The maximum absolute atomic E-state index is 5.37. The van der Waals surface area contributed by atoms with Gasteiger partial charge in [-0.25, -0.2) is 24.9 Å². The van der Waals surface area contributed by atoms with E-state index in [0.717, 1.165) is 95.9 Å². The van der Waals surface area contributed by atoms with Crippen molar-refractivity contribution in [2.45, 2.75) is 26.9 Å². The van der Waals surface area contributed by atoms with E-state index in [1.807, 2.05) is 67.1 Å². The molecule has 54 heavy (non-hydrogen) atoms. The molecule has 9 aromatic rings. The summed E-state index contributed by atoms with van der Waals surface area (Å²) in [5, 5.41) is 3.89. The third kappa shape index (κ3) is 4.82. The lowest BCUT2D eigenvalue weighted by atomic mass is 9.85. The van der Waals surface area contributed by atoms with Crippen molar-refractivity contribution in [1.29, 1.82) is 0 Å². The number of anilines is 3.